The van der Waals surface area contributed by atoms with Gasteiger partial charge >= 0.3 is 0 Å². The summed E-state index contributed by atoms with van der Waals surface area (Å²) in [6, 6.07) is 16.8. The summed E-state index contributed by atoms with van der Waals surface area (Å²) >= 11 is 0. The van der Waals surface area contributed by atoms with Crippen LogP contribution in [0.3, 0.4) is 0 Å². The maximum Gasteiger partial charge on any atom is 0.294 e. The average molecular weight is 439 g/mol. The Morgan fingerprint density at radius 2 is 1.94 bits per heavy atom. The van der Waals surface area contributed by atoms with Crippen molar-refractivity contribution in [3.05, 3.63) is 66.1 Å². The zero-order valence-corrected chi connectivity index (χ0v) is 18.5. The van der Waals surface area contributed by atoms with Gasteiger partial charge in [0.15, 0.2) is 5.76 Å². The van der Waals surface area contributed by atoms with Crippen molar-refractivity contribution in [3.63, 3.8) is 0 Å². The summed E-state index contributed by atoms with van der Waals surface area (Å²) in [4.78, 5) is 25.1. The second-order valence-corrected chi connectivity index (χ2v) is 9.46. The highest BCUT2D eigenvalue weighted by Gasteiger charge is 2.32. The molecule has 2 saturated heterocycles. The van der Waals surface area contributed by atoms with Crippen molar-refractivity contribution in [3.8, 4) is 0 Å². The van der Waals surface area contributed by atoms with Gasteiger partial charge in [-0.1, -0.05) is 18.2 Å². The van der Waals surface area contributed by atoms with Crippen LogP contribution in [0.2, 0.25) is 0 Å². The third kappa shape index (κ3) is 3.04. The van der Waals surface area contributed by atoms with Crippen molar-refractivity contribution in [1.29, 1.82) is 0 Å². The largest absolute Gasteiger partial charge is 0.451 e. The lowest BCUT2D eigenvalue weighted by Crippen LogP contribution is -2.50. The Labute approximate surface area is 192 Å². The Morgan fingerprint density at radius 1 is 1.00 bits per heavy atom. The Morgan fingerprint density at radius 3 is 2.88 bits per heavy atom. The smallest absolute Gasteiger partial charge is 0.294 e. The third-order valence-electron chi connectivity index (χ3n) is 7.62. The van der Waals surface area contributed by atoms with Crippen LogP contribution in [0, 0.1) is 0 Å². The van der Waals surface area contributed by atoms with E-state index in [0.717, 1.165) is 53.6 Å². The van der Waals surface area contributed by atoms with Crippen LogP contribution in [-0.2, 0) is 6.42 Å². The minimum Gasteiger partial charge on any atom is -0.451 e. The predicted molar refractivity (Wildman–Crippen MR) is 130 cm³/mol. The minimum atomic E-state index is -0.0747. The Hall–Kier alpha value is -3.38. The quantitative estimate of drug-likeness (QED) is 0.462. The molecule has 0 radical (unpaired) electrons. The first kappa shape index (κ1) is 19.1. The lowest BCUT2D eigenvalue weighted by Gasteiger charge is -2.39. The van der Waals surface area contributed by atoms with Crippen LogP contribution in [0.25, 0.3) is 21.9 Å². The number of piperazine rings is 1. The molecule has 3 aliphatic heterocycles. The van der Waals surface area contributed by atoms with Crippen LogP contribution in [-0.4, -0.2) is 54.6 Å². The first-order valence-electron chi connectivity index (χ1n) is 12.0. The fourth-order valence-corrected chi connectivity index (χ4v) is 5.93. The number of benzene rings is 2. The second kappa shape index (κ2) is 7.32. The fraction of sp³-hybridized carbons (Fsp3) is 0.333. The van der Waals surface area contributed by atoms with Gasteiger partial charge in [0, 0.05) is 60.6 Å². The zero-order chi connectivity index (χ0) is 21.9. The predicted octanol–water partition coefficient (Wildman–Crippen LogP) is 4.47. The van der Waals surface area contributed by atoms with Crippen LogP contribution in [0.5, 0.6) is 0 Å². The number of nitrogens with zero attached hydrogens (tertiary/aromatic N) is 4. The number of rotatable bonds is 2. The number of fused-ring (bicyclic) bond motifs is 4. The van der Waals surface area contributed by atoms with Gasteiger partial charge in [0.25, 0.3) is 5.91 Å². The molecule has 0 N–H and O–H groups in total. The van der Waals surface area contributed by atoms with Crippen molar-refractivity contribution in [1.82, 2.24) is 9.88 Å². The van der Waals surface area contributed by atoms with Gasteiger partial charge in [-0.25, -0.2) is 0 Å². The SMILES string of the molecule is O=C(c1cc2ccccc2o1)N1CCc2cc3nccc(N4CCN5CCC[C@H]5C4)c3cc21. The number of para-hydroxylation sites is 1. The number of hydrogen-bond donors (Lipinski definition) is 0. The average Bonchev–Trinajstić information content (AvgIpc) is 3.59. The van der Waals surface area contributed by atoms with E-state index in [4.69, 9.17) is 4.42 Å². The molecule has 6 heteroatoms. The van der Waals surface area contributed by atoms with Crippen LogP contribution in [0.15, 0.2) is 59.1 Å². The molecular weight excluding hydrogens is 412 g/mol. The topological polar surface area (TPSA) is 52.8 Å². The minimum absolute atomic E-state index is 0.0747. The van der Waals surface area contributed by atoms with E-state index in [9.17, 15) is 4.79 Å². The number of carbonyl (C=O) groups is 1. The maximum absolute atomic E-state index is 13.4. The van der Waals surface area contributed by atoms with Crippen LogP contribution in [0.1, 0.15) is 29.0 Å². The van der Waals surface area contributed by atoms with Gasteiger partial charge in [0.2, 0.25) is 0 Å². The molecule has 0 unspecified atom stereocenters. The van der Waals surface area contributed by atoms with E-state index >= 15 is 0 Å². The highest BCUT2D eigenvalue weighted by atomic mass is 16.3. The Kier molecular flexibility index (Phi) is 4.24. The van der Waals surface area contributed by atoms with Gasteiger partial charge < -0.3 is 14.2 Å². The molecule has 2 fully saturated rings. The lowest BCUT2D eigenvalue weighted by molar-refractivity contribution is 0.0965. The number of pyridine rings is 1. The molecule has 1 amide bonds. The molecule has 1 atom stereocenters. The van der Waals surface area contributed by atoms with E-state index in [-0.39, 0.29) is 5.91 Å². The van der Waals surface area contributed by atoms with Crippen molar-refractivity contribution < 1.29 is 9.21 Å². The van der Waals surface area contributed by atoms with Gasteiger partial charge in [-0.05, 0) is 61.7 Å². The summed E-state index contributed by atoms with van der Waals surface area (Å²) in [5, 5.41) is 2.09. The molecule has 6 nitrogen and oxygen atoms in total. The number of furan rings is 1. The highest BCUT2D eigenvalue weighted by Crippen LogP contribution is 2.38. The van der Waals surface area contributed by atoms with Gasteiger partial charge in [0.1, 0.15) is 5.58 Å². The van der Waals surface area contributed by atoms with Crippen LogP contribution >= 0.6 is 0 Å². The number of carbonyl (C=O) groups excluding carboxylic acids is 1. The van der Waals surface area contributed by atoms with E-state index in [1.807, 2.05) is 41.4 Å². The molecule has 0 saturated carbocycles. The van der Waals surface area contributed by atoms with Gasteiger partial charge in [-0.2, -0.15) is 0 Å². The Balaban J connectivity index is 1.26. The monoisotopic (exact) mass is 438 g/mol. The molecule has 2 aromatic heterocycles. The normalized spacial score (nSPS) is 20.5. The summed E-state index contributed by atoms with van der Waals surface area (Å²) in [6.45, 7) is 5.13. The maximum atomic E-state index is 13.4. The molecule has 0 bridgehead atoms. The number of aromatic nitrogens is 1. The molecule has 2 aromatic carbocycles. The lowest BCUT2D eigenvalue weighted by atomic mass is 10.1. The molecule has 166 valence electrons. The highest BCUT2D eigenvalue weighted by molar-refractivity contribution is 6.09. The number of anilines is 2. The molecule has 0 aliphatic carbocycles. The van der Waals surface area contributed by atoms with E-state index < -0.39 is 0 Å². The molecule has 3 aliphatic rings. The van der Waals surface area contributed by atoms with E-state index in [0.29, 0.717) is 18.3 Å². The molecule has 4 aromatic rings. The summed E-state index contributed by atoms with van der Waals surface area (Å²) in [5.74, 6) is 0.322. The first-order valence-corrected chi connectivity index (χ1v) is 12.0. The second-order valence-electron chi connectivity index (χ2n) is 9.46. The standard InChI is InChI=1S/C27H26N4O2/c32-27(26-15-19-4-1-2-6-25(19)33-26)31-11-8-18-14-22-21(16-24(18)31)23(7-9-28-22)30-13-12-29-10-3-5-20(29)17-30/h1-2,4,6-7,9,14-16,20H,3,5,8,10-13,17H2/t20-/m0/s1. The first-order chi connectivity index (χ1) is 16.2. The number of amides is 1. The summed E-state index contributed by atoms with van der Waals surface area (Å²) in [7, 11) is 0. The number of hydrogen-bond acceptors (Lipinski definition) is 5. The zero-order valence-electron chi connectivity index (χ0n) is 18.5. The van der Waals surface area contributed by atoms with Gasteiger partial charge in [-0.3, -0.25) is 14.7 Å². The van der Waals surface area contributed by atoms with E-state index in [2.05, 4.69) is 33.0 Å². The fourth-order valence-electron chi connectivity index (χ4n) is 5.93. The molecule has 33 heavy (non-hydrogen) atoms. The molecular formula is C27H26N4O2. The third-order valence-corrected chi connectivity index (χ3v) is 7.62. The summed E-state index contributed by atoms with van der Waals surface area (Å²) in [6.07, 6.45) is 5.36. The molecule has 0 spiro atoms. The molecule has 5 heterocycles. The van der Waals surface area contributed by atoms with E-state index in [1.165, 1.54) is 30.6 Å². The Bertz CT molecular complexity index is 1360. The summed E-state index contributed by atoms with van der Waals surface area (Å²) in [5.41, 5.74) is 5.16. The molecule has 7 rings (SSSR count). The van der Waals surface area contributed by atoms with E-state index in [1.54, 1.807) is 0 Å². The van der Waals surface area contributed by atoms with Crippen molar-refractivity contribution in [2.45, 2.75) is 25.3 Å². The van der Waals surface area contributed by atoms with Crippen LogP contribution in [0.4, 0.5) is 11.4 Å². The van der Waals surface area contributed by atoms with Crippen molar-refractivity contribution >= 4 is 39.2 Å². The van der Waals surface area contributed by atoms with Crippen LogP contribution < -0.4 is 9.80 Å². The summed E-state index contributed by atoms with van der Waals surface area (Å²) < 4.78 is 5.89. The van der Waals surface area contributed by atoms with Gasteiger partial charge in [0.05, 0.1) is 5.52 Å². The van der Waals surface area contributed by atoms with Crippen molar-refractivity contribution in [2.24, 2.45) is 0 Å². The van der Waals surface area contributed by atoms with Gasteiger partial charge in [-0.15, -0.1) is 0 Å². The van der Waals surface area contributed by atoms with Crippen molar-refractivity contribution in [2.75, 3.05) is 42.5 Å².